The minimum atomic E-state index is 0.0156. The van der Waals surface area contributed by atoms with Crippen molar-refractivity contribution in [2.75, 3.05) is 0 Å². The topological polar surface area (TPSA) is 33.0 Å². The molecule has 1 aliphatic carbocycles. The molecule has 3 heteroatoms. The van der Waals surface area contributed by atoms with Crippen molar-refractivity contribution in [3.05, 3.63) is 40.9 Å². The van der Waals surface area contributed by atoms with Gasteiger partial charge in [0.05, 0.1) is 12.0 Å². The first-order valence-electron chi connectivity index (χ1n) is 7.41. The fourth-order valence-corrected chi connectivity index (χ4v) is 3.43. The van der Waals surface area contributed by atoms with Crippen LogP contribution in [-0.4, -0.2) is 6.10 Å². The number of rotatable bonds is 2. The van der Waals surface area contributed by atoms with Crippen molar-refractivity contribution in [1.29, 1.82) is 5.26 Å². The molecule has 1 saturated carbocycles. The highest BCUT2D eigenvalue weighted by Crippen LogP contribution is 2.32. The Bertz CT molecular complexity index is 691. The quantitative estimate of drug-likeness (QED) is 0.740. The van der Waals surface area contributed by atoms with E-state index in [1.165, 1.54) is 5.39 Å². The van der Waals surface area contributed by atoms with Crippen LogP contribution in [0.5, 0.6) is 5.75 Å². The van der Waals surface area contributed by atoms with Crippen molar-refractivity contribution in [2.45, 2.75) is 32.3 Å². The second kappa shape index (κ2) is 6.07. The summed E-state index contributed by atoms with van der Waals surface area (Å²) < 4.78 is 7.21. The van der Waals surface area contributed by atoms with Crippen LogP contribution in [0.1, 0.15) is 26.2 Å². The second-order valence-electron chi connectivity index (χ2n) is 5.96. The highest BCUT2D eigenvalue weighted by atomic mass is 79.9. The summed E-state index contributed by atoms with van der Waals surface area (Å²) in [6.07, 6.45) is 3.06. The number of benzene rings is 2. The van der Waals surface area contributed by atoms with Gasteiger partial charge in [-0.2, -0.15) is 5.26 Å². The number of nitrogens with zero attached hydrogens (tertiary/aromatic N) is 1. The van der Waals surface area contributed by atoms with E-state index in [1.54, 1.807) is 0 Å². The fraction of sp³-hybridized carbons (Fsp3) is 0.389. The van der Waals surface area contributed by atoms with Crippen LogP contribution in [0.25, 0.3) is 10.8 Å². The molecule has 0 saturated heterocycles. The molecule has 0 N–H and O–H groups in total. The van der Waals surface area contributed by atoms with Crippen LogP contribution in [0, 0.1) is 23.2 Å². The zero-order chi connectivity index (χ0) is 14.8. The van der Waals surface area contributed by atoms with Crippen molar-refractivity contribution in [3.8, 4) is 11.8 Å². The largest absolute Gasteiger partial charge is 0.489 e. The van der Waals surface area contributed by atoms with E-state index in [0.717, 1.165) is 34.9 Å². The van der Waals surface area contributed by atoms with Gasteiger partial charge in [0.1, 0.15) is 11.9 Å². The van der Waals surface area contributed by atoms with Crippen molar-refractivity contribution < 1.29 is 4.74 Å². The first-order valence-corrected chi connectivity index (χ1v) is 8.20. The highest BCUT2D eigenvalue weighted by molar-refractivity contribution is 9.10. The molecule has 3 atom stereocenters. The Morgan fingerprint density at radius 2 is 1.90 bits per heavy atom. The summed E-state index contributed by atoms with van der Waals surface area (Å²) in [5.74, 6) is 1.52. The molecule has 2 aromatic rings. The number of hydrogen-bond donors (Lipinski definition) is 0. The minimum Gasteiger partial charge on any atom is -0.489 e. The van der Waals surface area contributed by atoms with Gasteiger partial charge >= 0.3 is 0 Å². The molecule has 0 aliphatic heterocycles. The van der Waals surface area contributed by atoms with Gasteiger partial charge < -0.3 is 4.74 Å². The summed E-state index contributed by atoms with van der Waals surface area (Å²) in [4.78, 5) is 0. The van der Waals surface area contributed by atoms with E-state index in [4.69, 9.17) is 4.74 Å². The molecular weight excluding hydrogens is 326 g/mol. The van der Waals surface area contributed by atoms with Crippen LogP contribution in [0.3, 0.4) is 0 Å². The Morgan fingerprint density at radius 3 is 2.71 bits per heavy atom. The van der Waals surface area contributed by atoms with Gasteiger partial charge in [0.2, 0.25) is 0 Å². The normalized spacial score (nSPS) is 25.5. The maximum absolute atomic E-state index is 9.29. The smallest absolute Gasteiger partial charge is 0.120 e. The average Bonchev–Trinajstić information content (AvgIpc) is 2.48. The average molecular weight is 344 g/mol. The molecule has 1 aliphatic rings. The molecule has 21 heavy (non-hydrogen) atoms. The van der Waals surface area contributed by atoms with Crippen LogP contribution in [0.2, 0.25) is 0 Å². The molecule has 0 aromatic heterocycles. The first-order chi connectivity index (χ1) is 10.2. The molecule has 0 bridgehead atoms. The van der Waals surface area contributed by atoms with Crippen LogP contribution in [0.15, 0.2) is 40.9 Å². The van der Waals surface area contributed by atoms with E-state index in [9.17, 15) is 5.26 Å². The summed E-state index contributed by atoms with van der Waals surface area (Å²) in [5.41, 5.74) is 0. The summed E-state index contributed by atoms with van der Waals surface area (Å²) in [6.45, 7) is 2.24. The number of nitriles is 1. The minimum absolute atomic E-state index is 0.0156. The summed E-state index contributed by atoms with van der Waals surface area (Å²) in [5, 5.41) is 11.6. The molecule has 2 aromatic carbocycles. The van der Waals surface area contributed by atoms with Gasteiger partial charge in [0, 0.05) is 4.47 Å². The molecule has 0 spiro atoms. The van der Waals surface area contributed by atoms with Crippen LogP contribution in [0.4, 0.5) is 0 Å². The fourth-order valence-electron chi connectivity index (χ4n) is 3.05. The molecule has 108 valence electrons. The highest BCUT2D eigenvalue weighted by Gasteiger charge is 2.30. The number of ether oxygens (including phenoxy) is 1. The van der Waals surface area contributed by atoms with Gasteiger partial charge in [-0.05, 0) is 60.2 Å². The van der Waals surface area contributed by atoms with Crippen molar-refractivity contribution in [1.82, 2.24) is 0 Å². The van der Waals surface area contributed by atoms with Crippen LogP contribution >= 0.6 is 15.9 Å². The van der Waals surface area contributed by atoms with Gasteiger partial charge in [0.15, 0.2) is 0 Å². The Labute approximate surface area is 133 Å². The Kier molecular flexibility index (Phi) is 4.17. The number of fused-ring (bicyclic) bond motifs is 1. The van der Waals surface area contributed by atoms with Gasteiger partial charge in [-0.25, -0.2) is 0 Å². The Balaban J connectivity index is 1.83. The summed E-state index contributed by atoms with van der Waals surface area (Å²) in [6, 6.07) is 14.8. The molecule has 2 nitrogen and oxygen atoms in total. The summed E-state index contributed by atoms with van der Waals surface area (Å²) >= 11 is 3.49. The standard InChI is InChI=1S/C18H18BrNO/c1-12-2-3-15(11-20)18(8-12)21-17-7-5-13-9-16(19)6-4-14(13)10-17/h4-7,9-10,12,15,18H,2-3,8H2,1H3. The maximum atomic E-state index is 9.29. The SMILES string of the molecule is CC1CCC(C#N)C(Oc2ccc3cc(Br)ccc3c2)C1. The van der Waals surface area contributed by atoms with Gasteiger partial charge in [-0.15, -0.1) is 0 Å². The molecule has 1 fully saturated rings. The molecule has 0 amide bonds. The zero-order valence-corrected chi connectivity index (χ0v) is 13.6. The lowest BCUT2D eigenvalue weighted by Gasteiger charge is -2.31. The van der Waals surface area contributed by atoms with Crippen molar-refractivity contribution >= 4 is 26.7 Å². The molecule has 3 unspecified atom stereocenters. The third kappa shape index (κ3) is 3.22. The van der Waals surface area contributed by atoms with E-state index < -0.39 is 0 Å². The van der Waals surface area contributed by atoms with Gasteiger partial charge in [0.25, 0.3) is 0 Å². The first kappa shape index (κ1) is 14.4. The third-order valence-corrected chi connectivity index (χ3v) is 4.77. The van der Waals surface area contributed by atoms with E-state index in [1.807, 2.05) is 12.1 Å². The van der Waals surface area contributed by atoms with Crippen LogP contribution in [-0.2, 0) is 0 Å². The number of hydrogen-bond acceptors (Lipinski definition) is 2. The van der Waals surface area contributed by atoms with Crippen molar-refractivity contribution in [2.24, 2.45) is 11.8 Å². The van der Waals surface area contributed by atoms with E-state index in [0.29, 0.717) is 5.92 Å². The summed E-state index contributed by atoms with van der Waals surface area (Å²) in [7, 11) is 0. The van der Waals surface area contributed by atoms with E-state index in [2.05, 4.69) is 53.2 Å². The van der Waals surface area contributed by atoms with Crippen LogP contribution < -0.4 is 4.74 Å². The molecule has 0 radical (unpaired) electrons. The Morgan fingerprint density at radius 1 is 1.14 bits per heavy atom. The lowest BCUT2D eigenvalue weighted by atomic mass is 9.81. The Hall–Kier alpha value is -1.53. The monoisotopic (exact) mass is 343 g/mol. The molecular formula is C18H18BrNO. The number of halogens is 1. The molecule has 0 heterocycles. The lowest BCUT2D eigenvalue weighted by molar-refractivity contribution is 0.0958. The van der Waals surface area contributed by atoms with Gasteiger partial charge in [-0.3, -0.25) is 0 Å². The van der Waals surface area contributed by atoms with Gasteiger partial charge in [-0.1, -0.05) is 35.0 Å². The van der Waals surface area contributed by atoms with E-state index in [-0.39, 0.29) is 12.0 Å². The van der Waals surface area contributed by atoms with E-state index >= 15 is 0 Å². The van der Waals surface area contributed by atoms with Crippen molar-refractivity contribution in [3.63, 3.8) is 0 Å². The molecule has 3 rings (SSSR count). The second-order valence-corrected chi connectivity index (χ2v) is 6.88. The third-order valence-electron chi connectivity index (χ3n) is 4.28. The lowest BCUT2D eigenvalue weighted by Crippen LogP contribution is -2.32. The predicted molar refractivity (Wildman–Crippen MR) is 88.2 cm³/mol. The maximum Gasteiger partial charge on any atom is 0.120 e. The predicted octanol–water partition coefficient (Wildman–Crippen LogP) is 5.31. The zero-order valence-electron chi connectivity index (χ0n) is 12.1.